The van der Waals surface area contributed by atoms with Crippen molar-refractivity contribution in [1.29, 1.82) is 0 Å². The third-order valence-electron chi connectivity index (χ3n) is 5.23. The Morgan fingerprint density at radius 1 is 1.11 bits per heavy atom. The number of amides is 1. The molecule has 0 aromatic heterocycles. The quantitative estimate of drug-likeness (QED) is 0.434. The summed E-state index contributed by atoms with van der Waals surface area (Å²) in [5, 5.41) is 3.51. The first-order chi connectivity index (χ1) is 16.8. The van der Waals surface area contributed by atoms with Gasteiger partial charge in [0.25, 0.3) is 15.9 Å². The Morgan fingerprint density at radius 2 is 1.86 bits per heavy atom. The Kier molecular flexibility index (Phi) is 7.59. The molecular weight excluding hydrogens is 515 g/mol. The third-order valence-corrected chi connectivity index (χ3v) is 7.57. The van der Waals surface area contributed by atoms with Crippen LogP contribution in [0.3, 0.4) is 0 Å². The normalized spacial score (nSPS) is 15.1. The predicted octanol–water partition coefficient (Wildman–Crippen LogP) is 4.15. The van der Waals surface area contributed by atoms with Crippen LogP contribution in [-0.2, 0) is 14.8 Å². The van der Waals surface area contributed by atoms with Crippen LogP contribution in [0, 0.1) is 0 Å². The van der Waals surface area contributed by atoms with E-state index in [1.165, 1.54) is 31.4 Å². The van der Waals surface area contributed by atoms with E-state index in [2.05, 4.69) is 5.32 Å². The summed E-state index contributed by atoms with van der Waals surface area (Å²) in [7, 11) is -2.54. The van der Waals surface area contributed by atoms with Crippen LogP contribution in [0.4, 0.5) is 5.69 Å². The second-order valence-corrected chi connectivity index (χ2v) is 10.2. The van der Waals surface area contributed by atoms with Gasteiger partial charge in [-0.05, 0) is 54.6 Å². The Morgan fingerprint density at radius 3 is 2.57 bits per heavy atom. The molecule has 4 rings (SSSR count). The van der Waals surface area contributed by atoms with Crippen LogP contribution in [0.5, 0.6) is 17.2 Å². The molecule has 184 valence electrons. The summed E-state index contributed by atoms with van der Waals surface area (Å²) in [5.41, 5.74) is 0.249. The Hall–Kier alpha value is -3.14. The van der Waals surface area contributed by atoms with Gasteiger partial charge in [-0.2, -0.15) is 0 Å². The van der Waals surface area contributed by atoms with Gasteiger partial charge in [-0.3, -0.25) is 9.10 Å². The van der Waals surface area contributed by atoms with Crippen LogP contribution in [-0.4, -0.2) is 47.2 Å². The number of benzene rings is 3. The first-order valence-corrected chi connectivity index (χ1v) is 12.8. The van der Waals surface area contributed by atoms with Gasteiger partial charge in [-0.1, -0.05) is 35.3 Å². The zero-order valence-corrected chi connectivity index (χ0v) is 20.9. The molecule has 11 heteroatoms. The lowest BCUT2D eigenvalue weighted by atomic mass is 10.2. The maximum atomic E-state index is 13.5. The number of fused-ring (bicyclic) bond motifs is 1. The van der Waals surface area contributed by atoms with Crippen molar-refractivity contribution in [3.8, 4) is 17.2 Å². The van der Waals surface area contributed by atoms with Gasteiger partial charge in [0.2, 0.25) is 0 Å². The number of nitrogens with zero attached hydrogens (tertiary/aromatic N) is 1. The number of anilines is 1. The molecule has 1 aliphatic heterocycles. The van der Waals surface area contributed by atoms with Crippen LogP contribution in [0.1, 0.15) is 0 Å². The van der Waals surface area contributed by atoms with Gasteiger partial charge in [0, 0.05) is 5.02 Å². The molecule has 35 heavy (non-hydrogen) atoms. The lowest BCUT2D eigenvalue weighted by molar-refractivity contribution is -0.127. The van der Waals surface area contributed by atoms with E-state index in [0.29, 0.717) is 21.5 Å². The number of methoxy groups -OCH3 is 1. The van der Waals surface area contributed by atoms with Crippen LogP contribution in [0.25, 0.3) is 0 Å². The maximum Gasteiger partial charge on any atom is 0.264 e. The van der Waals surface area contributed by atoms with E-state index in [-0.39, 0.29) is 36.0 Å². The van der Waals surface area contributed by atoms with Gasteiger partial charge in [0.1, 0.15) is 23.9 Å². The summed E-state index contributed by atoms with van der Waals surface area (Å²) < 4.78 is 44.6. The predicted molar refractivity (Wildman–Crippen MR) is 133 cm³/mol. The fourth-order valence-corrected chi connectivity index (χ4v) is 5.30. The lowest BCUT2D eigenvalue weighted by Crippen LogP contribution is -2.51. The number of ether oxygens (including phenoxy) is 3. The second-order valence-electron chi connectivity index (χ2n) is 7.50. The van der Waals surface area contributed by atoms with E-state index in [1.54, 1.807) is 42.5 Å². The van der Waals surface area contributed by atoms with Gasteiger partial charge >= 0.3 is 0 Å². The molecule has 8 nitrogen and oxygen atoms in total. The van der Waals surface area contributed by atoms with E-state index >= 15 is 0 Å². The van der Waals surface area contributed by atoms with Crippen molar-refractivity contribution in [1.82, 2.24) is 5.32 Å². The monoisotopic (exact) mass is 536 g/mol. The van der Waals surface area contributed by atoms with Crippen LogP contribution < -0.4 is 23.8 Å². The molecule has 3 aromatic rings. The molecule has 0 saturated carbocycles. The summed E-state index contributed by atoms with van der Waals surface area (Å²) in [5.74, 6) is 0.763. The number of sulfonamides is 1. The maximum absolute atomic E-state index is 13.5. The molecule has 0 radical (unpaired) electrons. The highest BCUT2D eigenvalue weighted by Gasteiger charge is 2.37. The Balaban J connectivity index is 1.50. The number of carbonyl (C=O) groups is 1. The van der Waals surface area contributed by atoms with Crippen LogP contribution in [0.2, 0.25) is 10.0 Å². The fraction of sp³-hybridized carbons (Fsp3) is 0.208. The lowest BCUT2D eigenvalue weighted by Gasteiger charge is -2.34. The number of halogens is 2. The number of nitrogens with one attached hydrogen (secondary N) is 1. The smallest absolute Gasteiger partial charge is 0.264 e. The van der Waals surface area contributed by atoms with Crippen molar-refractivity contribution >= 4 is 44.8 Å². The van der Waals surface area contributed by atoms with Crippen molar-refractivity contribution in [3.63, 3.8) is 0 Å². The van der Waals surface area contributed by atoms with Crippen LogP contribution in [0.15, 0.2) is 71.6 Å². The minimum atomic E-state index is -4.03. The summed E-state index contributed by atoms with van der Waals surface area (Å²) >= 11 is 12.2. The molecule has 0 fully saturated rings. The molecule has 0 bridgehead atoms. The number of carbonyl (C=O) groups excluding carboxylic acids is 1. The zero-order chi connectivity index (χ0) is 25.0. The summed E-state index contributed by atoms with van der Waals surface area (Å²) in [4.78, 5) is 12.9. The molecule has 1 amide bonds. The first-order valence-electron chi connectivity index (χ1n) is 10.6. The molecule has 1 atom stereocenters. The Bertz CT molecular complexity index is 1320. The highest BCUT2D eigenvalue weighted by atomic mass is 35.5. The zero-order valence-electron chi connectivity index (χ0n) is 18.6. The Labute approximate surface area is 213 Å². The van der Waals surface area contributed by atoms with Gasteiger partial charge in [-0.15, -0.1) is 0 Å². The van der Waals surface area contributed by atoms with Crippen molar-refractivity contribution < 1.29 is 27.4 Å². The van der Waals surface area contributed by atoms with Crippen LogP contribution >= 0.6 is 23.2 Å². The molecule has 1 aliphatic rings. The summed E-state index contributed by atoms with van der Waals surface area (Å²) in [6, 6.07) is 17.6. The molecule has 1 heterocycles. The number of rotatable bonds is 8. The first kappa shape index (κ1) is 25.0. The number of hydrogen-bond acceptors (Lipinski definition) is 6. The van der Waals surface area contributed by atoms with E-state index < -0.39 is 22.0 Å². The molecule has 0 saturated heterocycles. The average molecular weight is 537 g/mol. The topological polar surface area (TPSA) is 94.2 Å². The van der Waals surface area contributed by atoms with E-state index in [1.807, 2.05) is 0 Å². The second kappa shape index (κ2) is 10.6. The third kappa shape index (κ3) is 5.58. The number of hydrogen-bond donors (Lipinski definition) is 1. The highest BCUT2D eigenvalue weighted by Crippen LogP contribution is 2.39. The SMILES string of the molecule is COc1ccc(S(=O)(=O)N2C[C@@H](C(=O)NCCOc3ccccc3Cl)Oc3ccc(Cl)cc32)cc1. The molecule has 0 unspecified atom stereocenters. The summed E-state index contributed by atoms with van der Waals surface area (Å²) in [6.45, 7) is 0.101. The summed E-state index contributed by atoms with van der Waals surface area (Å²) in [6.07, 6.45) is -1.09. The van der Waals surface area contributed by atoms with Crippen molar-refractivity contribution in [3.05, 3.63) is 76.8 Å². The average Bonchev–Trinajstić information content (AvgIpc) is 2.86. The number of para-hydroxylation sites is 1. The van der Waals surface area contributed by atoms with Gasteiger partial charge in [-0.25, -0.2) is 8.42 Å². The molecule has 0 spiro atoms. The van der Waals surface area contributed by atoms with E-state index in [9.17, 15) is 13.2 Å². The van der Waals surface area contributed by atoms with E-state index in [0.717, 1.165) is 4.31 Å². The van der Waals surface area contributed by atoms with Gasteiger partial charge < -0.3 is 19.5 Å². The molecule has 3 aromatic carbocycles. The van der Waals surface area contributed by atoms with E-state index in [4.69, 9.17) is 37.4 Å². The standard InChI is InChI=1S/C24H22Cl2N2O6S/c1-32-17-7-9-18(10-8-17)35(30,31)28-15-23(34-22-11-6-16(25)14-20(22)28)24(29)27-12-13-33-21-5-3-2-4-19(21)26/h2-11,14,23H,12-13,15H2,1H3,(H,27,29)/t23-/m0/s1. The molecule has 0 aliphatic carbocycles. The minimum Gasteiger partial charge on any atom is -0.497 e. The van der Waals surface area contributed by atoms with Gasteiger partial charge in [0.15, 0.2) is 6.10 Å². The molecular formula is C24H22Cl2N2O6S. The fourth-order valence-electron chi connectivity index (χ4n) is 3.47. The largest absolute Gasteiger partial charge is 0.497 e. The van der Waals surface area contributed by atoms with Crippen molar-refractivity contribution in [2.24, 2.45) is 0 Å². The van der Waals surface area contributed by atoms with Crippen molar-refractivity contribution in [2.75, 3.05) is 31.1 Å². The molecule has 1 N–H and O–H groups in total. The highest BCUT2D eigenvalue weighted by molar-refractivity contribution is 7.92. The minimum absolute atomic E-state index is 0.0402. The van der Waals surface area contributed by atoms with Gasteiger partial charge in [0.05, 0.1) is 35.8 Å². The van der Waals surface area contributed by atoms with Crippen molar-refractivity contribution in [2.45, 2.75) is 11.0 Å².